The van der Waals surface area contributed by atoms with Gasteiger partial charge in [0.1, 0.15) is 12.4 Å². The molecule has 0 aliphatic rings. The van der Waals surface area contributed by atoms with E-state index in [1.165, 1.54) is 13.2 Å². The Morgan fingerprint density at radius 1 is 1.14 bits per heavy atom. The molecule has 110 valence electrons. The molecule has 1 N–H and O–H groups in total. The molecule has 0 bridgehead atoms. The van der Waals surface area contributed by atoms with Crippen LogP contribution in [-0.4, -0.2) is 18.2 Å². The van der Waals surface area contributed by atoms with E-state index in [2.05, 4.69) is 0 Å². The van der Waals surface area contributed by atoms with Gasteiger partial charge < -0.3 is 14.6 Å². The summed E-state index contributed by atoms with van der Waals surface area (Å²) >= 11 is 0. The number of halogens is 1. The van der Waals surface area contributed by atoms with Gasteiger partial charge in [-0.15, -0.1) is 0 Å². The first kappa shape index (κ1) is 14.8. The maximum absolute atomic E-state index is 13.5. The molecular formula is C16H15FO4. The third-order valence-electron chi connectivity index (χ3n) is 2.90. The van der Waals surface area contributed by atoms with E-state index < -0.39 is 11.8 Å². The van der Waals surface area contributed by atoms with Gasteiger partial charge in [0.2, 0.25) is 0 Å². The van der Waals surface area contributed by atoms with Gasteiger partial charge in [0.25, 0.3) is 0 Å². The zero-order valence-corrected chi connectivity index (χ0v) is 11.5. The van der Waals surface area contributed by atoms with Gasteiger partial charge in [0.05, 0.1) is 13.5 Å². The lowest BCUT2D eigenvalue weighted by molar-refractivity contribution is -0.136. The number of hydrogen-bond acceptors (Lipinski definition) is 3. The van der Waals surface area contributed by atoms with Crippen molar-refractivity contribution in [2.24, 2.45) is 0 Å². The van der Waals surface area contributed by atoms with E-state index in [1.54, 1.807) is 36.4 Å². The van der Waals surface area contributed by atoms with Crippen molar-refractivity contribution in [3.05, 3.63) is 59.4 Å². The fourth-order valence-corrected chi connectivity index (χ4v) is 1.84. The fraction of sp³-hybridized carbons (Fsp3) is 0.188. The summed E-state index contributed by atoms with van der Waals surface area (Å²) in [5.41, 5.74) is 1.38. The van der Waals surface area contributed by atoms with Gasteiger partial charge in [-0.25, -0.2) is 4.39 Å². The van der Waals surface area contributed by atoms with Crippen LogP contribution in [0.25, 0.3) is 0 Å². The predicted molar refractivity (Wildman–Crippen MR) is 75.1 cm³/mol. The monoisotopic (exact) mass is 290 g/mol. The highest BCUT2D eigenvalue weighted by molar-refractivity contribution is 5.70. The van der Waals surface area contributed by atoms with Crippen LogP contribution in [0.3, 0.4) is 0 Å². The molecular weight excluding hydrogens is 275 g/mol. The number of carbonyl (C=O) groups is 1. The average Bonchev–Trinajstić information content (AvgIpc) is 2.46. The van der Waals surface area contributed by atoms with Crippen LogP contribution in [0.2, 0.25) is 0 Å². The zero-order valence-electron chi connectivity index (χ0n) is 11.5. The molecule has 0 fully saturated rings. The van der Waals surface area contributed by atoms with Crippen LogP contribution in [0.5, 0.6) is 11.5 Å². The highest BCUT2D eigenvalue weighted by Crippen LogP contribution is 2.19. The Hall–Kier alpha value is -2.56. The Morgan fingerprint density at radius 3 is 2.38 bits per heavy atom. The maximum atomic E-state index is 13.5. The number of ether oxygens (including phenoxy) is 2. The standard InChI is InChI=1S/C16H15FO4/c1-20-15-7-4-12(8-14(15)17)10-21-13-5-2-11(3-6-13)9-16(18)19/h2-8H,9-10H2,1H3,(H,18,19). The maximum Gasteiger partial charge on any atom is 0.307 e. The molecule has 0 radical (unpaired) electrons. The number of methoxy groups -OCH3 is 1. The van der Waals surface area contributed by atoms with Crippen molar-refractivity contribution in [1.29, 1.82) is 0 Å². The molecule has 0 spiro atoms. The summed E-state index contributed by atoms with van der Waals surface area (Å²) in [4.78, 5) is 10.6. The molecule has 0 unspecified atom stereocenters. The summed E-state index contributed by atoms with van der Waals surface area (Å²) < 4.78 is 23.9. The van der Waals surface area contributed by atoms with Gasteiger partial charge in [0.15, 0.2) is 11.6 Å². The molecule has 0 aliphatic carbocycles. The molecule has 0 amide bonds. The number of rotatable bonds is 6. The smallest absolute Gasteiger partial charge is 0.307 e. The second kappa shape index (κ2) is 6.74. The van der Waals surface area contributed by atoms with Crippen LogP contribution in [0.1, 0.15) is 11.1 Å². The first-order valence-corrected chi connectivity index (χ1v) is 6.34. The molecule has 4 nitrogen and oxygen atoms in total. The average molecular weight is 290 g/mol. The summed E-state index contributed by atoms with van der Waals surface area (Å²) in [6, 6.07) is 11.4. The summed E-state index contributed by atoms with van der Waals surface area (Å²) in [7, 11) is 1.41. The lowest BCUT2D eigenvalue weighted by Crippen LogP contribution is -2.00. The second-order valence-corrected chi connectivity index (χ2v) is 4.47. The molecule has 0 saturated heterocycles. The molecule has 21 heavy (non-hydrogen) atoms. The molecule has 5 heteroatoms. The van der Waals surface area contributed by atoms with Crippen LogP contribution in [0.4, 0.5) is 4.39 Å². The van der Waals surface area contributed by atoms with Crippen molar-refractivity contribution in [3.63, 3.8) is 0 Å². The Balaban J connectivity index is 1.96. The van der Waals surface area contributed by atoms with Crippen molar-refractivity contribution < 1.29 is 23.8 Å². The Morgan fingerprint density at radius 2 is 1.81 bits per heavy atom. The first-order valence-electron chi connectivity index (χ1n) is 6.34. The van der Waals surface area contributed by atoms with Crippen LogP contribution < -0.4 is 9.47 Å². The summed E-state index contributed by atoms with van der Waals surface area (Å²) in [6.45, 7) is 0.221. The van der Waals surface area contributed by atoms with E-state index in [-0.39, 0.29) is 18.8 Å². The molecule has 2 aromatic carbocycles. The van der Waals surface area contributed by atoms with Gasteiger partial charge in [-0.1, -0.05) is 18.2 Å². The minimum Gasteiger partial charge on any atom is -0.494 e. The number of carboxylic acid groups (broad SMARTS) is 1. The predicted octanol–water partition coefficient (Wildman–Crippen LogP) is 3.04. The van der Waals surface area contributed by atoms with Crippen molar-refractivity contribution in [3.8, 4) is 11.5 Å². The third-order valence-corrected chi connectivity index (χ3v) is 2.90. The van der Waals surface area contributed by atoms with E-state index in [9.17, 15) is 9.18 Å². The van der Waals surface area contributed by atoms with Gasteiger partial charge in [0, 0.05) is 0 Å². The van der Waals surface area contributed by atoms with Crippen molar-refractivity contribution >= 4 is 5.97 Å². The zero-order chi connectivity index (χ0) is 15.2. The Bertz CT molecular complexity index is 623. The molecule has 0 atom stereocenters. The summed E-state index contributed by atoms with van der Waals surface area (Å²) in [5, 5.41) is 8.68. The van der Waals surface area contributed by atoms with Crippen LogP contribution >= 0.6 is 0 Å². The summed E-state index contributed by atoms with van der Waals surface area (Å²) in [6.07, 6.45) is -0.0238. The largest absolute Gasteiger partial charge is 0.494 e. The topological polar surface area (TPSA) is 55.8 Å². The first-order chi connectivity index (χ1) is 10.1. The lowest BCUT2D eigenvalue weighted by Gasteiger charge is -2.08. The molecule has 0 aromatic heterocycles. The van der Waals surface area contributed by atoms with Crippen molar-refractivity contribution in [2.75, 3.05) is 7.11 Å². The normalized spacial score (nSPS) is 10.2. The van der Waals surface area contributed by atoms with Crippen LogP contribution in [-0.2, 0) is 17.8 Å². The van der Waals surface area contributed by atoms with Gasteiger partial charge >= 0.3 is 5.97 Å². The quantitative estimate of drug-likeness (QED) is 0.888. The number of hydrogen-bond donors (Lipinski definition) is 1. The lowest BCUT2D eigenvalue weighted by atomic mass is 10.1. The van der Waals surface area contributed by atoms with Gasteiger partial charge in [-0.05, 0) is 35.4 Å². The molecule has 0 aliphatic heterocycles. The van der Waals surface area contributed by atoms with E-state index in [4.69, 9.17) is 14.6 Å². The van der Waals surface area contributed by atoms with Gasteiger partial charge in [-0.3, -0.25) is 4.79 Å². The summed E-state index contributed by atoms with van der Waals surface area (Å²) in [5.74, 6) is -0.523. The minimum absolute atomic E-state index is 0.0238. The molecule has 0 saturated carbocycles. The van der Waals surface area contributed by atoms with Crippen molar-refractivity contribution in [1.82, 2.24) is 0 Å². The SMILES string of the molecule is COc1ccc(COc2ccc(CC(=O)O)cc2)cc1F. The number of aliphatic carboxylic acids is 1. The van der Waals surface area contributed by atoms with E-state index in [0.29, 0.717) is 16.9 Å². The molecule has 2 rings (SSSR count). The Kier molecular flexibility index (Phi) is 4.77. The number of carboxylic acids is 1. The second-order valence-electron chi connectivity index (χ2n) is 4.47. The van der Waals surface area contributed by atoms with Crippen LogP contribution in [0.15, 0.2) is 42.5 Å². The van der Waals surface area contributed by atoms with Gasteiger partial charge in [-0.2, -0.15) is 0 Å². The fourth-order valence-electron chi connectivity index (χ4n) is 1.84. The minimum atomic E-state index is -0.877. The van der Waals surface area contributed by atoms with E-state index >= 15 is 0 Å². The highest BCUT2D eigenvalue weighted by Gasteiger charge is 2.05. The molecule has 2 aromatic rings. The third kappa shape index (κ3) is 4.21. The highest BCUT2D eigenvalue weighted by atomic mass is 19.1. The van der Waals surface area contributed by atoms with Crippen molar-refractivity contribution in [2.45, 2.75) is 13.0 Å². The molecule has 0 heterocycles. The van der Waals surface area contributed by atoms with E-state index in [0.717, 1.165) is 0 Å². The van der Waals surface area contributed by atoms with Crippen LogP contribution in [0, 0.1) is 5.82 Å². The van der Waals surface area contributed by atoms with E-state index in [1.807, 2.05) is 0 Å². The number of benzene rings is 2. The Labute approximate surface area is 121 Å².